The van der Waals surface area contributed by atoms with Gasteiger partial charge in [-0.25, -0.2) is 4.39 Å². The summed E-state index contributed by atoms with van der Waals surface area (Å²) in [4.78, 5) is 19.0. The predicted octanol–water partition coefficient (Wildman–Crippen LogP) is 3.82. The molecule has 28 heavy (non-hydrogen) atoms. The summed E-state index contributed by atoms with van der Waals surface area (Å²) in [6, 6.07) is 6.00. The van der Waals surface area contributed by atoms with Gasteiger partial charge in [0.15, 0.2) is 5.82 Å². The van der Waals surface area contributed by atoms with Crippen LogP contribution in [0.3, 0.4) is 0 Å². The summed E-state index contributed by atoms with van der Waals surface area (Å²) >= 11 is 0. The Morgan fingerprint density at radius 1 is 1.29 bits per heavy atom. The number of piperidine rings is 1. The van der Waals surface area contributed by atoms with Gasteiger partial charge < -0.3 is 14.2 Å². The van der Waals surface area contributed by atoms with Crippen LogP contribution in [0.25, 0.3) is 11.5 Å². The van der Waals surface area contributed by atoms with Crippen LogP contribution in [-0.2, 0) is 14.9 Å². The van der Waals surface area contributed by atoms with Gasteiger partial charge in [0, 0.05) is 44.2 Å². The van der Waals surface area contributed by atoms with E-state index in [4.69, 9.17) is 9.26 Å². The molecule has 2 heterocycles. The minimum atomic E-state index is -0.307. The molecule has 1 aromatic heterocycles. The number of carbonyl (C=O) groups excluding carboxylic acids is 1. The second-order valence-electron chi connectivity index (χ2n) is 7.93. The molecular formula is C21H28FN3O3. The third-order valence-corrected chi connectivity index (χ3v) is 5.43. The van der Waals surface area contributed by atoms with Crippen LogP contribution < -0.4 is 0 Å². The van der Waals surface area contributed by atoms with Crippen molar-refractivity contribution in [3.63, 3.8) is 0 Å². The third kappa shape index (κ3) is 4.58. The summed E-state index contributed by atoms with van der Waals surface area (Å²) in [5.74, 6) is 1.27. The molecule has 1 aliphatic rings. The second kappa shape index (κ2) is 8.82. The smallest absolute Gasteiger partial charge is 0.257 e. The lowest BCUT2D eigenvalue weighted by Crippen LogP contribution is -2.46. The first-order valence-corrected chi connectivity index (χ1v) is 9.80. The van der Waals surface area contributed by atoms with Crippen LogP contribution in [0.4, 0.5) is 4.39 Å². The van der Waals surface area contributed by atoms with Crippen LogP contribution in [0, 0.1) is 11.7 Å². The number of methoxy groups -OCH3 is 1. The zero-order valence-corrected chi connectivity index (χ0v) is 16.8. The average Bonchev–Trinajstić information content (AvgIpc) is 3.17. The number of hydrogen-bond acceptors (Lipinski definition) is 5. The fourth-order valence-corrected chi connectivity index (χ4v) is 3.69. The Balaban J connectivity index is 1.77. The summed E-state index contributed by atoms with van der Waals surface area (Å²) in [5.41, 5.74) is 0.401. The van der Waals surface area contributed by atoms with Crippen molar-refractivity contribution in [3.05, 3.63) is 35.9 Å². The Morgan fingerprint density at radius 2 is 1.96 bits per heavy atom. The molecule has 0 radical (unpaired) electrons. The van der Waals surface area contributed by atoms with E-state index in [0.29, 0.717) is 49.3 Å². The van der Waals surface area contributed by atoms with Crippen molar-refractivity contribution in [1.29, 1.82) is 0 Å². The lowest BCUT2D eigenvalue weighted by molar-refractivity contribution is -0.133. The van der Waals surface area contributed by atoms with Crippen molar-refractivity contribution in [3.8, 4) is 11.5 Å². The fraction of sp³-hybridized carbons (Fsp3) is 0.571. The molecule has 0 N–H and O–H groups in total. The van der Waals surface area contributed by atoms with Crippen molar-refractivity contribution in [2.45, 2.75) is 44.9 Å². The standard InChI is InChI=1S/C21H28FN3O3/c1-15(2)14-18(26)25-11-8-21(9-12-25,10-13-27-3)20-23-19(28-24-20)16-4-6-17(22)7-5-16/h4-7,15H,8-14H2,1-3H3. The fourth-order valence-electron chi connectivity index (χ4n) is 3.69. The lowest BCUT2D eigenvalue weighted by Gasteiger charge is -2.40. The highest BCUT2D eigenvalue weighted by Gasteiger charge is 2.41. The van der Waals surface area contributed by atoms with E-state index >= 15 is 0 Å². The number of carbonyl (C=O) groups is 1. The van der Waals surface area contributed by atoms with Gasteiger partial charge in [-0.15, -0.1) is 0 Å². The summed E-state index contributed by atoms with van der Waals surface area (Å²) in [5, 5.41) is 4.24. The number of likely N-dealkylation sites (tertiary alicyclic amines) is 1. The summed E-state index contributed by atoms with van der Waals surface area (Å²) in [7, 11) is 1.68. The Kier molecular flexibility index (Phi) is 6.44. The molecule has 152 valence electrons. The molecule has 1 saturated heterocycles. The van der Waals surface area contributed by atoms with Gasteiger partial charge in [0.1, 0.15) is 5.82 Å². The molecule has 0 spiro atoms. The van der Waals surface area contributed by atoms with Gasteiger partial charge in [-0.05, 0) is 49.4 Å². The molecule has 1 amide bonds. The van der Waals surface area contributed by atoms with Crippen molar-refractivity contribution in [1.82, 2.24) is 15.0 Å². The highest BCUT2D eigenvalue weighted by molar-refractivity contribution is 5.76. The highest BCUT2D eigenvalue weighted by atomic mass is 19.1. The molecule has 2 aromatic rings. The van der Waals surface area contributed by atoms with Crippen LogP contribution in [0.15, 0.2) is 28.8 Å². The Labute approximate surface area is 165 Å². The number of halogens is 1. The first-order chi connectivity index (χ1) is 13.4. The van der Waals surface area contributed by atoms with Gasteiger partial charge in [0.05, 0.1) is 0 Å². The van der Waals surface area contributed by atoms with Gasteiger partial charge >= 0.3 is 0 Å². The zero-order chi connectivity index (χ0) is 20.1. The molecule has 0 saturated carbocycles. The molecule has 3 rings (SSSR count). The summed E-state index contributed by atoms with van der Waals surface area (Å²) in [6.07, 6.45) is 2.87. The third-order valence-electron chi connectivity index (χ3n) is 5.43. The largest absolute Gasteiger partial charge is 0.385 e. The Morgan fingerprint density at radius 3 is 2.57 bits per heavy atom. The maximum absolute atomic E-state index is 13.2. The predicted molar refractivity (Wildman–Crippen MR) is 103 cm³/mol. The van der Waals surface area contributed by atoms with Crippen LogP contribution in [0.1, 0.15) is 45.4 Å². The van der Waals surface area contributed by atoms with Crippen LogP contribution in [0.5, 0.6) is 0 Å². The maximum atomic E-state index is 13.2. The molecule has 0 atom stereocenters. The molecule has 7 heteroatoms. The maximum Gasteiger partial charge on any atom is 0.257 e. The molecule has 0 aliphatic carbocycles. The number of nitrogens with zero attached hydrogens (tertiary/aromatic N) is 3. The molecular weight excluding hydrogens is 361 g/mol. The molecule has 0 bridgehead atoms. The van der Waals surface area contributed by atoms with E-state index < -0.39 is 0 Å². The highest BCUT2D eigenvalue weighted by Crippen LogP contribution is 2.38. The zero-order valence-electron chi connectivity index (χ0n) is 16.8. The van der Waals surface area contributed by atoms with E-state index in [1.807, 2.05) is 4.90 Å². The molecule has 1 aliphatic heterocycles. The lowest BCUT2D eigenvalue weighted by atomic mass is 9.75. The molecule has 1 aromatic carbocycles. The van der Waals surface area contributed by atoms with E-state index in [-0.39, 0.29) is 17.1 Å². The van der Waals surface area contributed by atoms with Crippen molar-refractivity contribution in [2.75, 3.05) is 26.8 Å². The second-order valence-corrected chi connectivity index (χ2v) is 7.93. The number of hydrogen-bond donors (Lipinski definition) is 0. The van der Waals surface area contributed by atoms with Crippen LogP contribution in [0.2, 0.25) is 0 Å². The van der Waals surface area contributed by atoms with Gasteiger partial charge in [-0.1, -0.05) is 19.0 Å². The number of ether oxygens (including phenoxy) is 1. The number of amides is 1. The number of rotatable bonds is 7. The van der Waals surface area contributed by atoms with Gasteiger partial charge in [0.25, 0.3) is 5.89 Å². The first-order valence-electron chi connectivity index (χ1n) is 9.80. The van der Waals surface area contributed by atoms with Crippen molar-refractivity contribution in [2.24, 2.45) is 5.92 Å². The van der Waals surface area contributed by atoms with E-state index in [1.165, 1.54) is 12.1 Å². The van der Waals surface area contributed by atoms with Crippen molar-refractivity contribution < 1.29 is 18.4 Å². The van der Waals surface area contributed by atoms with Crippen LogP contribution in [-0.4, -0.2) is 47.8 Å². The minimum absolute atomic E-state index is 0.204. The minimum Gasteiger partial charge on any atom is -0.385 e. The van der Waals surface area contributed by atoms with Gasteiger partial charge in [0.2, 0.25) is 5.91 Å². The number of benzene rings is 1. The van der Waals surface area contributed by atoms with Gasteiger partial charge in [-0.2, -0.15) is 4.98 Å². The monoisotopic (exact) mass is 389 g/mol. The Bertz CT molecular complexity index is 780. The molecule has 1 fully saturated rings. The molecule has 6 nitrogen and oxygen atoms in total. The number of aromatic nitrogens is 2. The van der Waals surface area contributed by atoms with Crippen LogP contribution >= 0.6 is 0 Å². The first kappa shape index (κ1) is 20.5. The van der Waals surface area contributed by atoms with Crippen molar-refractivity contribution >= 4 is 5.91 Å². The van der Waals surface area contributed by atoms with E-state index in [1.54, 1.807) is 19.2 Å². The molecule has 0 unspecified atom stereocenters. The van der Waals surface area contributed by atoms with Gasteiger partial charge in [-0.3, -0.25) is 4.79 Å². The normalized spacial score (nSPS) is 16.5. The van der Waals surface area contributed by atoms with E-state index in [2.05, 4.69) is 24.0 Å². The summed E-state index contributed by atoms with van der Waals surface area (Å²) < 4.78 is 24.0. The Hall–Kier alpha value is -2.28. The SMILES string of the molecule is COCCC1(c2noc(-c3ccc(F)cc3)n2)CCN(C(=O)CC(C)C)CC1. The average molecular weight is 389 g/mol. The topological polar surface area (TPSA) is 68.5 Å². The quantitative estimate of drug-likeness (QED) is 0.720. The van der Waals surface area contributed by atoms with E-state index in [0.717, 1.165) is 19.3 Å². The van der Waals surface area contributed by atoms with E-state index in [9.17, 15) is 9.18 Å². The summed E-state index contributed by atoms with van der Waals surface area (Å²) in [6.45, 7) is 6.05.